The summed E-state index contributed by atoms with van der Waals surface area (Å²) in [6, 6.07) is 8.33. The van der Waals surface area contributed by atoms with E-state index in [-0.39, 0.29) is 18.7 Å². The predicted octanol–water partition coefficient (Wildman–Crippen LogP) is 2.24. The van der Waals surface area contributed by atoms with Gasteiger partial charge in [0.05, 0.1) is 23.7 Å². The Morgan fingerprint density at radius 3 is 2.53 bits per heavy atom. The first-order chi connectivity index (χ1) is 9.04. The van der Waals surface area contributed by atoms with E-state index in [4.69, 9.17) is 0 Å². The van der Waals surface area contributed by atoms with Gasteiger partial charge in [0.15, 0.2) is 0 Å². The first-order valence-electron chi connectivity index (χ1n) is 6.82. The van der Waals surface area contributed by atoms with Crippen LogP contribution in [0.4, 0.5) is 0 Å². The van der Waals surface area contributed by atoms with Crippen LogP contribution in [0.25, 0.3) is 11.0 Å². The van der Waals surface area contributed by atoms with Gasteiger partial charge in [-0.1, -0.05) is 26.0 Å². The van der Waals surface area contributed by atoms with Gasteiger partial charge in [-0.15, -0.1) is 0 Å². The lowest BCUT2D eigenvalue weighted by atomic mass is 10.0. The van der Waals surface area contributed by atoms with Gasteiger partial charge in [0.1, 0.15) is 5.82 Å². The maximum absolute atomic E-state index is 9.41. The first kappa shape index (κ1) is 14.0. The summed E-state index contributed by atoms with van der Waals surface area (Å²) in [5.41, 5.74) is 2.15. The second-order valence-electron chi connectivity index (χ2n) is 5.44. The van der Waals surface area contributed by atoms with E-state index in [1.165, 1.54) is 0 Å². The van der Waals surface area contributed by atoms with Crippen molar-refractivity contribution < 1.29 is 5.11 Å². The van der Waals surface area contributed by atoms with E-state index in [2.05, 4.69) is 41.7 Å². The Labute approximate surface area is 114 Å². The zero-order valence-corrected chi connectivity index (χ0v) is 12.1. The van der Waals surface area contributed by atoms with Crippen molar-refractivity contribution >= 4 is 11.0 Å². The number of benzene rings is 1. The third-order valence-corrected chi connectivity index (χ3v) is 3.67. The monoisotopic (exact) mass is 261 g/mol. The summed E-state index contributed by atoms with van der Waals surface area (Å²) >= 11 is 0. The fraction of sp³-hybridized carbons (Fsp3) is 0.533. The molecule has 2 rings (SSSR count). The minimum atomic E-state index is 0.0924. The molecule has 2 N–H and O–H groups in total. The summed E-state index contributed by atoms with van der Waals surface area (Å²) < 4.78 is 2.11. The lowest BCUT2D eigenvalue weighted by Crippen LogP contribution is -2.39. The lowest BCUT2D eigenvalue weighted by Gasteiger charge is -2.24. The molecular weight excluding hydrogens is 238 g/mol. The number of imidazole rings is 1. The van der Waals surface area contributed by atoms with E-state index in [1.54, 1.807) is 0 Å². The summed E-state index contributed by atoms with van der Waals surface area (Å²) in [6.45, 7) is 6.45. The minimum Gasteiger partial charge on any atom is -0.395 e. The van der Waals surface area contributed by atoms with Crippen LogP contribution in [0.1, 0.15) is 32.6 Å². The van der Waals surface area contributed by atoms with Crippen molar-refractivity contribution in [2.45, 2.75) is 32.9 Å². The fourth-order valence-electron chi connectivity index (χ4n) is 2.40. The van der Waals surface area contributed by atoms with Crippen LogP contribution in [0, 0.1) is 5.92 Å². The molecule has 0 aliphatic rings. The average Bonchev–Trinajstić information content (AvgIpc) is 2.73. The van der Waals surface area contributed by atoms with E-state index >= 15 is 0 Å². The molecule has 0 saturated heterocycles. The van der Waals surface area contributed by atoms with Gasteiger partial charge in [-0.3, -0.25) is 0 Å². The Bertz CT molecular complexity index is 547. The average molecular weight is 261 g/mol. The van der Waals surface area contributed by atoms with Gasteiger partial charge in [-0.25, -0.2) is 4.98 Å². The van der Waals surface area contributed by atoms with Crippen LogP contribution in [0.3, 0.4) is 0 Å². The summed E-state index contributed by atoms with van der Waals surface area (Å²) in [4.78, 5) is 4.68. The second-order valence-corrected chi connectivity index (χ2v) is 5.44. The van der Waals surface area contributed by atoms with E-state index in [9.17, 15) is 5.11 Å². The topological polar surface area (TPSA) is 50.1 Å². The molecule has 1 aromatic carbocycles. The van der Waals surface area contributed by atoms with Crippen LogP contribution in [0.5, 0.6) is 0 Å². The molecule has 1 heterocycles. The van der Waals surface area contributed by atoms with Gasteiger partial charge >= 0.3 is 0 Å². The zero-order chi connectivity index (χ0) is 14.0. The standard InChI is InChI=1S/C15H23N3O/c1-10(2)13(9-19)16-11(3)15-17-12-7-5-6-8-14(12)18(15)4/h5-8,10-11,13,16,19H,9H2,1-4H3/t11?,13-/m1/s1. The number of aryl methyl sites for hydroxylation is 1. The third-order valence-electron chi connectivity index (χ3n) is 3.67. The Morgan fingerprint density at radius 2 is 1.95 bits per heavy atom. The minimum absolute atomic E-state index is 0.0924. The van der Waals surface area contributed by atoms with Crippen molar-refractivity contribution in [3.63, 3.8) is 0 Å². The summed E-state index contributed by atoms with van der Waals surface area (Å²) in [5, 5.41) is 12.9. The molecule has 0 aliphatic heterocycles. The summed E-state index contributed by atoms with van der Waals surface area (Å²) in [6.07, 6.45) is 0. The van der Waals surface area contributed by atoms with Crippen LogP contribution in [0.15, 0.2) is 24.3 Å². The molecule has 2 aromatic rings. The number of para-hydroxylation sites is 2. The number of hydrogen-bond donors (Lipinski definition) is 2. The highest BCUT2D eigenvalue weighted by molar-refractivity contribution is 5.75. The normalized spacial score (nSPS) is 15.1. The van der Waals surface area contributed by atoms with Crippen LogP contribution >= 0.6 is 0 Å². The number of aliphatic hydroxyl groups is 1. The highest BCUT2D eigenvalue weighted by atomic mass is 16.3. The van der Waals surface area contributed by atoms with E-state index < -0.39 is 0 Å². The number of fused-ring (bicyclic) bond motifs is 1. The summed E-state index contributed by atoms with van der Waals surface area (Å²) in [5.74, 6) is 1.39. The number of aliphatic hydroxyl groups excluding tert-OH is 1. The first-order valence-corrected chi connectivity index (χ1v) is 6.82. The Hall–Kier alpha value is -1.39. The predicted molar refractivity (Wildman–Crippen MR) is 78.0 cm³/mol. The molecule has 0 saturated carbocycles. The van der Waals surface area contributed by atoms with Crippen LogP contribution in [-0.4, -0.2) is 27.3 Å². The third kappa shape index (κ3) is 2.80. The highest BCUT2D eigenvalue weighted by Gasteiger charge is 2.19. The van der Waals surface area contributed by atoms with Gasteiger partial charge in [0.2, 0.25) is 0 Å². The van der Waals surface area contributed by atoms with Gasteiger partial charge in [0, 0.05) is 13.1 Å². The number of aromatic nitrogens is 2. The largest absolute Gasteiger partial charge is 0.395 e. The number of nitrogens with one attached hydrogen (secondary N) is 1. The van der Waals surface area contributed by atoms with Gasteiger partial charge in [0.25, 0.3) is 0 Å². The molecule has 4 heteroatoms. The van der Waals surface area contributed by atoms with Crippen LogP contribution in [-0.2, 0) is 7.05 Å². The van der Waals surface area contributed by atoms with Crippen molar-refractivity contribution in [2.75, 3.05) is 6.61 Å². The highest BCUT2D eigenvalue weighted by Crippen LogP contribution is 2.20. The fourth-order valence-corrected chi connectivity index (χ4v) is 2.40. The van der Waals surface area contributed by atoms with Gasteiger partial charge < -0.3 is 15.0 Å². The van der Waals surface area contributed by atoms with Crippen LogP contribution < -0.4 is 5.32 Å². The molecule has 0 fully saturated rings. The molecular formula is C15H23N3O. The van der Waals surface area contributed by atoms with E-state index in [0.717, 1.165) is 16.9 Å². The summed E-state index contributed by atoms with van der Waals surface area (Å²) in [7, 11) is 2.03. The smallest absolute Gasteiger partial charge is 0.126 e. The second kappa shape index (κ2) is 5.72. The van der Waals surface area contributed by atoms with E-state index in [1.807, 2.05) is 25.2 Å². The lowest BCUT2D eigenvalue weighted by molar-refractivity contribution is 0.199. The van der Waals surface area contributed by atoms with Crippen LogP contribution in [0.2, 0.25) is 0 Å². The molecule has 2 atom stereocenters. The Kier molecular flexibility index (Phi) is 4.22. The molecule has 0 aliphatic carbocycles. The van der Waals surface area contributed by atoms with Crippen molar-refractivity contribution in [2.24, 2.45) is 13.0 Å². The maximum Gasteiger partial charge on any atom is 0.126 e. The number of hydrogen-bond acceptors (Lipinski definition) is 3. The molecule has 4 nitrogen and oxygen atoms in total. The molecule has 19 heavy (non-hydrogen) atoms. The van der Waals surface area contributed by atoms with Crippen molar-refractivity contribution in [3.8, 4) is 0 Å². The molecule has 0 spiro atoms. The van der Waals surface area contributed by atoms with Gasteiger partial charge in [-0.05, 0) is 25.0 Å². The Morgan fingerprint density at radius 1 is 1.26 bits per heavy atom. The SMILES string of the molecule is CC(N[C@H](CO)C(C)C)c1nc2ccccc2n1C. The Balaban J connectivity index is 2.26. The molecule has 0 amide bonds. The molecule has 0 bridgehead atoms. The van der Waals surface area contributed by atoms with Crippen molar-refractivity contribution in [1.29, 1.82) is 0 Å². The van der Waals surface area contributed by atoms with E-state index in [0.29, 0.717) is 5.92 Å². The molecule has 104 valence electrons. The molecule has 0 radical (unpaired) electrons. The van der Waals surface area contributed by atoms with Crippen molar-refractivity contribution in [3.05, 3.63) is 30.1 Å². The number of rotatable bonds is 5. The quantitative estimate of drug-likeness (QED) is 0.868. The maximum atomic E-state index is 9.41. The zero-order valence-electron chi connectivity index (χ0n) is 12.1. The molecule has 1 aromatic heterocycles. The molecule has 1 unspecified atom stereocenters. The van der Waals surface area contributed by atoms with Crippen molar-refractivity contribution in [1.82, 2.24) is 14.9 Å². The number of nitrogens with zero attached hydrogens (tertiary/aromatic N) is 2. The van der Waals surface area contributed by atoms with Gasteiger partial charge in [-0.2, -0.15) is 0 Å².